The van der Waals surface area contributed by atoms with E-state index in [0.717, 1.165) is 39.8 Å². The minimum Gasteiger partial charge on any atom is -0.453 e. The van der Waals surface area contributed by atoms with Gasteiger partial charge in [0.15, 0.2) is 11.6 Å². The number of rotatable bonds is 2. The van der Waals surface area contributed by atoms with E-state index in [1.165, 1.54) is 6.07 Å². The number of aromatic nitrogens is 1. The lowest BCUT2D eigenvalue weighted by atomic mass is 9.79. The normalized spacial score (nSPS) is 22.5. The van der Waals surface area contributed by atoms with Crippen LogP contribution in [0.5, 0.6) is 11.5 Å². The minimum absolute atomic E-state index is 0.161. The molecule has 4 heterocycles. The molecule has 3 N–H and O–H groups in total. The summed E-state index contributed by atoms with van der Waals surface area (Å²) in [7, 11) is 0. The van der Waals surface area contributed by atoms with E-state index >= 15 is 4.39 Å². The van der Waals surface area contributed by atoms with Gasteiger partial charge in [-0.3, -0.25) is 4.98 Å². The molecule has 0 aliphatic carbocycles. The Labute approximate surface area is 209 Å². The van der Waals surface area contributed by atoms with E-state index in [-0.39, 0.29) is 5.75 Å². The Kier molecular flexibility index (Phi) is 5.82. The maximum Gasteiger partial charge on any atom is 0.169 e. The molecule has 6 nitrogen and oxygen atoms in total. The molecule has 1 aromatic heterocycles. The molecule has 7 heteroatoms. The van der Waals surface area contributed by atoms with Crippen LogP contribution in [-0.2, 0) is 15.1 Å². The van der Waals surface area contributed by atoms with E-state index in [4.69, 9.17) is 19.9 Å². The summed E-state index contributed by atoms with van der Waals surface area (Å²) in [6.07, 6.45) is 5.85. The van der Waals surface area contributed by atoms with Gasteiger partial charge in [-0.05, 0) is 60.4 Å². The lowest BCUT2D eigenvalue weighted by Crippen LogP contribution is -2.56. The first kappa shape index (κ1) is 22.9. The second-order valence-electron chi connectivity index (χ2n) is 9.17. The van der Waals surface area contributed by atoms with Crippen LogP contribution in [0.1, 0.15) is 35.6 Å². The van der Waals surface area contributed by atoms with E-state index in [9.17, 15) is 0 Å². The average molecular weight is 484 g/mol. The molecule has 2 atom stereocenters. The number of hydrogen-bond acceptors (Lipinski definition) is 6. The zero-order valence-corrected chi connectivity index (χ0v) is 19.9. The Bertz CT molecular complexity index is 1440. The van der Waals surface area contributed by atoms with Gasteiger partial charge in [0.25, 0.3) is 0 Å². The third-order valence-electron chi connectivity index (χ3n) is 6.80. The Balaban J connectivity index is 1.53. The van der Waals surface area contributed by atoms with Gasteiger partial charge in [-0.2, -0.15) is 0 Å². The molecule has 1 saturated heterocycles. The zero-order chi connectivity index (χ0) is 24.7. The number of morpholine rings is 1. The van der Waals surface area contributed by atoms with Crippen LogP contribution in [0.2, 0.25) is 0 Å². The molecule has 0 bridgehead atoms. The summed E-state index contributed by atoms with van der Waals surface area (Å²) in [5, 5.41) is 3.38. The summed E-state index contributed by atoms with van der Waals surface area (Å²) in [6.45, 7) is 3.82. The summed E-state index contributed by atoms with van der Waals surface area (Å²) >= 11 is 0. The highest BCUT2D eigenvalue weighted by Crippen LogP contribution is 2.52. The number of fused-ring (bicyclic) bond motifs is 4. The molecule has 36 heavy (non-hydrogen) atoms. The molecule has 2 aromatic carbocycles. The van der Waals surface area contributed by atoms with Crippen molar-refractivity contribution in [1.82, 2.24) is 10.3 Å². The average Bonchev–Trinajstić information content (AvgIpc) is 2.90. The van der Waals surface area contributed by atoms with Gasteiger partial charge in [0.1, 0.15) is 17.6 Å². The van der Waals surface area contributed by atoms with Gasteiger partial charge in [0.2, 0.25) is 0 Å². The lowest BCUT2D eigenvalue weighted by Gasteiger charge is -2.45. The topological polar surface area (TPSA) is 78.6 Å². The van der Waals surface area contributed by atoms with E-state index in [1.54, 1.807) is 19.3 Å². The number of halogens is 1. The van der Waals surface area contributed by atoms with Crippen molar-refractivity contribution in [2.24, 2.45) is 5.73 Å². The molecule has 0 radical (unpaired) electrons. The first-order valence-electron chi connectivity index (χ1n) is 12.0. The van der Waals surface area contributed by atoms with Crippen LogP contribution in [0.15, 0.2) is 54.9 Å². The van der Waals surface area contributed by atoms with Gasteiger partial charge in [0, 0.05) is 47.7 Å². The first-order valence-corrected chi connectivity index (χ1v) is 12.0. The van der Waals surface area contributed by atoms with Gasteiger partial charge >= 0.3 is 0 Å². The highest BCUT2D eigenvalue weighted by atomic mass is 19.1. The molecule has 1 spiro atoms. The zero-order valence-electron chi connectivity index (χ0n) is 19.9. The maximum atomic E-state index is 15.6. The molecule has 0 saturated carbocycles. The first-order chi connectivity index (χ1) is 17.6. The van der Waals surface area contributed by atoms with Crippen molar-refractivity contribution in [2.75, 3.05) is 26.3 Å². The number of hydrogen-bond donors (Lipinski definition) is 2. The number of benzene rings is 2. The largest absolute Gasteiger partial charge is 0.453 e. The standard InChI is InChI=1S/C29H26FN3O3/c1-2-4-18-9-22(14-32-13-18)19-6-7-26-23(10-19)29(17-33-15-27(31)36-29)24-11-21(12-25(30)28(24)35-26)20-5-3-8-34-16-20/h5-7,9-14,27,33H,3,8,15-17,31H2,1H3/t27-,29?/m0/s1. The summed E-state index contributed by atoms with van der Waals surface area (Å²) in [5.41, 5.74) is 11.0. The molecular weight excluding hydrogens is 457 g/mol. The summed E-state index contributed by atoms with van der Waals surface area (Å²) < 4.78 is 33.8. The van der Waals surface area contributed by atoms with Crippen LogP contribution >= 0.6 is 0 Å². The fraction of sp³-hybridized carbons (Fsp3) is 0.276. The highest BCUT2D eigenvalue weighted by Gasteiger charge is 2.48. The molecule has 3 aliphatic rings. The van der Waals surface area contributed by atoms with Crippen LogP contribution in [0.25, 0.3) is 16.7 Å². The summed E-state index contributed by atoms with van der Waals surface area (Å²) in [4.78, 5) is 4.35. The third kappa shape index (κ3) is 3.89. The van der Waals surface area contributed by atoms with E-state index < -0.39 is 17.6 Å². The van der Waals surface area contributed by atoms with Crippen LogP contribution in [0, 0.1) is 17.7 Å². The van der Waals surface area contributed by atoms with Crippen molar-refractivity contribution in [1.29, 1.82) is 0 Å². The van der Waals surface area contributed by atoms with Crippen molar-refractivity contribution < 1.29 is 18.6 Å². The summed E-state index contributed by atoms with van der Waals surface area (Å²) in [5.74, 6) is 6.22. The van der Waals surface area contributed by atoms with E-state index in [2.05, 4.69) is 28.2 Å². The van der Waals surface area contributed by atoms with Gasteiger partial charge < -0.3 is 25.3 Å². The molecule has 6 rings (SSSR count). The Morgan fingerprint density at radius 2 is 2.00 bits per heavy atom. The summed E-state index contributed by atoms with van der Waals surface area (Å²) in [6, 6.07) is 11.3. The molecule has 3 aromatic rings. The van der Waals surface area contributed by atoms with Crippen molar-refractivity contribution in [3.05, 3.63) is 82.9 Å². The van der Waals surface area contributed by atoms with Crippen LogP contribution < -0.4 is 15.8 Å². The number of nitrogens with zero attached hydrogens (tertiary/aromatic N) is 1. The lowest BCUT2D eigenvalue weighted by molar-refractivity contribution is -0.0973. The highest BCUT2D eigenvalue weighted by molar-refractivity contribution is 5.73. The number of ether oxygens (including phenoxy) is 3. The SMILES string of the molecule is CC#Cc1cncc(-c2ccc3c(c2)C2(CNC[C@@H](N)O2)c2cc(C4=CCCOC4)cc(F)c2O3)c1. The van der Waals surface area contributed by atoms with Crippen molar-refractivity contribution >= 4 is 5.57 Å². The Morgan fingerprint density at radius 1 is 1.11 bits per heavy atom. The number of pyridine rings is 1. The Morgan fingerprint density at radius 3 is 2.81 bits per heavy atom. The van der Waals surface area contributed by atoms with Gasteiger partial charge in [0.05, 0.1) is 13.2 Å². The molecule has 1 fully saturated rings. The number of nitrogens with one attached hydrogen (secondary N) is 1. The molecule has 0 amide bonds. The smallest absolute Gasteiger partial charge is 0.169 e. The van der Waals surface area contributed by atoms with Crippen LogP contribution in [0.3, 0.4) is 0 Å². The van der Waals surface area contributed by atoms with Crippen molar-refractivity contribution in [3.63, 3.8) is 0 Å². The van der Waals surface area contributed by atoms with E-state index in [0.29, 0.717) is 37.6 Å². The molecular formula is C29H26FN3O3. The molecule has 3 aliphatic heterocycles. The fourth-order valence-electron chi connectivity index (χ4n) is 5.17. The second-order valence-corrected chi connectivity index (χ2v) is 9.17. The van der Waals surface area contributed by atoms with Gasteiger partial charge in [-0.25, -0.2) is 4.39 Å². The minimum atomic E-state index is -1.03. The van der Waals surface area contributed by atoms with Gasteiger partial charge in [-0.1, -0.05) is 18.1 Å². The maximum absolute atomic E-state index is 15.6. The predicted molar refractivity (Wildman–Crippen MR) is 135 cm³/mol. The number of nitrogens with two attached hydrogens (primary N) is 1. The van der Waals surface area contributed by atoms with Crippen LogP contribution in [-0.4, -0.2) is 37.5 Å². The monoisotopic (exact) mass is 483 g/mol. The molecule has 1 unspecified atom stereocenters. The second kappa shape index (κ2) is 9.16. The van der Waals surface area contributed by atoms with Crippen LogP contribution in [0.4, 0.5) is 4.39 Å². The van der Waals surface area contributed by atoms with Crippen molar-refractivity contribution in [2.45, 2.75) is 25.2 Å². The van der Waals surface area contributed by atoms with E-state index in [1.807, 2.05) is 30.3 Å². The predicted octanol–water partition coefficient (Wildman–Crippen LogP) is 4.32. The van der Waals surface area contributed by atoms with Crippen molar-refractivity contribution in [3.8, 4) is 34.5 Å². The van der Waals surface area contributed by atoms with Gasteiger partial charge in [-0.15, -0.1) is 5.92 Å². The fourth-order valence-corrected chi connectivity index (χ4v) is 5.17. The quantitative estimate of drug-likeness (QED) is 0.529. The Hall–Kier alpha value is -3.54. The third-order valence-corrected chi connectivity index (χ3v) is 6.80. The molecule has 182 valence electrons.